The van der Waals surface area contributed by atoms with Crippen molar-refractivity contribution in [3.05, 3.63) is 108 Å². The quantitative estimate of drug-likeness (QED) is 0.136. The Morgan fingerprint density at radius 2 is 1.05 bits per heavy atom. The summed E-state index contributed by atoms with van der Waals surface area (Å²) in [4.78, 5) is 0. The fourth-order valence-electron chi connectivity index (χ4n) is 5.09. The van der Waals surface area contributed by atoms with Crippen molar-refractivity contribution in [1.29, 1.82) is 0 Å². The number of hydrogen-bond acceptors (Lipinski definition) is 5. The number of phenols is 1. The average Bonchev–Trinajstić information content (AvgIpc) is 2.97. The Labute approximate surface area is 240 Å². The number of rotatable bonds is 12. The van der Waals surface area contributed by atoms with E-state index in [1.54, 1.807) is 27.4 Å². The highest BCUT2D eigenvalue weighted by Crippen LogP contribution is 2.56. The van der Waals surface area contributed by atoms with Gasteiger partial charge < -0.3 is 23.1 Å². The zero-order chi connectivity index (χ0) is 28.8. The van der Waals surface area contributed by atoms with Gasteiger partial charge in [-0.25, -0.2) is 0 Å². The summed E-state index contributed by atoms with van der Waals surface area (Å²) in [6, 6.07) is 32.5. The lowest BCUT2D eigenvalue weighted by atomic mass is 10.2. The molecule has 4 aromatic rings. The van der Waals surface area contributed by atoms with Crippen LogP contribution in [0.3, 0.4) is 0 Å². The van der Waals surface area contributed by atoms with E-state index in [1.807, 2.05) is 12.1 Å². The fraction of sp³-hybridized carbons (Fsp3) is 0.273. The van der Waals surface area contributed by atoms with E-state index >= 15 is 0 Å². The van der Waals surface area contributed by atoms with Gasteiger partial charge in [-0.2, -0.15) is 0 Å². The Morgan fingerprint density at radius 1 is 0.625 bits per heavy atom. The number of ether oxygens (including phenoxy) is 1. The van der Waals surface area contributed by atoms with Crippen LogP contribution in [0.2, 0.25) is 6.04 Å². The van der Waals surface area contributed by atoms with E-state index in [9.17, 15) is 5.11 Å². The Bertz CT molecular complexity index is 1270. The zero-order valence-electron chi connectivity index (χ0n) is 24.3. The van der Waals surface area contributed by atoms with E-state index in [-0.39, 0.29) is 5.75 Å². The molecule has 0 saturated carbocycles. The van der Waals surface area contributed by atoms with Crippen LogP contribution in [0.4, 0.5) is 0 Å². The minimum absolute atomic E-state index is 0.211. The Hall–Kier alpha value is -2.99. The molecule has 1 N–H and O–H groups in total. The summed E-state index contributed by atoms with van der Waals surface area (Å²) in [7, 11) is -0.300. The van der Waals surface area contributed by atoms with Gasteiger partial charge in [-0.15, -0.1) is 0 Å². The lowest BCUT2D eigenvalue weighted by Crippen LogP contribution is -2.43. The number of hydrogen-bond donors (Lipinski definition) is 1. The third-order valence-corrected chi connectivity index (χ3v) is 14.5. The molecule has 40 heavy (non-hydrogen) atoms. The SMILES string of the molecule is CO[Si](CCCOc1ccc(O)cc1[P+](c1ccc(C)cc1)(c1ccc(C)cc1)c1ccc(C)cc1)(OC)OC. The van der Waals surface area contributed by atoms with Gasteiger partial charge in [0.2, 0.25) is 0 Å². The molecular weight excluding hydrogens is 535 g/mol. The molecule has 0 heterocycles. The number of phenolic OH excluding ortho intramolecular Hbond substituents is 1. The van der Waals surface area contributed by atoms with Gasteiger partial charge in [0.15, 0.2) is 11.1 Å². The zero-order valence-corrected chi connectivity index (χ0v) is 26.2. The van der Waals surface area contributed by atoms with E-state index < -0.39 is 16.1 Å². The van der Waals surface area contributed by atoms with Gasteiger partial charge in [-0.3, -0.25) is 0 Å². The molecule has 4 rings (SSSR count). The molecule has 5 nitrogen and oxygen atoms in total. The highest BCUT2D eigenvalue weighted by Gasteiger charge is 2.50. The molecule has 0 radical (unpaired) electrons. The molecule has 0 aromatic heterocycles. The average molecular weight is 576 g/mol. The number of benzene rings is 4. The molecule has 0 atom stereocenters. The van der Waals surface area contributed by atoms with Crippen LogP contribution in [0.25, 0.3) is 0 Å². The van der Waals surface area contributed by atoms with Crippen LogP contribution < -0.4 is 26.0 Å². The van der Waals surface area contributed by atoms with Crippen LogP contribution in [-0.2, 0) is 13.3 Å². The first kappa shape index (κ1) is 30.0. The summed E-state index contributed by atoms with van der Waals surface area (Å²) < 4.78 is 23.3. The summed E-state index contributed by atoms with van der Waals surface area (Å²) in [5.74, 6) is 0.968. The maximum Gasteiger partial charge on any atom is 0.500 e. The highest BCUT2D eigenvalue weighted by atomic mass is 31.2. The minimum atomic E-state index is -2.70. The third-order valence-electron chi connectivity index (χ3n) is 7.39. The third kappa shape index (κ3) is 6.17. The molecule has 0 aliphatic carbocycles. The van der Waals surface area contributed by atoms with Crippen molar-refractivity contribution >= 4 is 37.3 Å². The first-order chi connectivity index (χ1) is 19.3. The van der Waals surface area contributed by atoms with Crippen LogP contribution in [-0.4, -0.2) is 41.8 Å². The van der Waals surface area contributed by atoms with Crippen molar-refractivity contribution < 1.29 is 23.1 Å². The molecule has 0 bridgehead atoms. The molecular formula is C33H40O5PSi+. The van der Waals surface area contributed by atoms with Crippen LogP contribution in [0.15, 0.2) is 91.0 Å². The molecule has 0 aliphatic heterocycles. The Morgan fingerprint density at radius 3 is 1.45 bits per heavy atom. The Kier molecular flexibility index (Phi) is 9.83. The molecule has 7 heteroatoms. The molecule has 0 spiro atoms. The minimum Gasteiger partial charge on any atom is -0.508 e. The van der Waals surface area contributed by atoms with Crippen molar-refractivity contribution in [2.45, 2.75) is 33.2 Å². The summed E-state index contributed by atoms with van der Waals surface area (Å²) in [6.07, 6.45) is 0.701. The maximum absolute atomic E-state index is 10.9. The summed E-state index contributed by atoms with van der Waals surface area (Å²) in [5, 5.41) is 15.4. The van der Waals surface area contributed by atoms with Crippen molar-refractivity contribution in [2.24, 2.45) is 0 Å². The summed E-state index contributed by atoms with van der Waals surface area (Å²) in [6.45, 7) is 6.77. The van der Waals surface area contributed by atoms with Crippen molar-refractivity contribution in [3.8, 4) is 11.5 Å². The van der Waals surface area contributed by atoms with E-state index in [0.717, 1.165) is 11.1 Å². The van der Waals surface area contributed by atoms with Crippen molar-refractivity contribution in [2.75, 3.05) is 27.9 Å². The standard InChI is InChI=1S/C33H39O5PSi/c1-25-8-15-29(16-9-25)39(30-17-10-26(2)11-18-30,31-19-12-27(3)13-20-31)33-24-28(34)14-21-32(33)38-22-7-23-40(35-4,36-5)37-6/h8-21,24H,7,22-23H2,1-6H3/p+1. The molecule has 0 aliphatic rings. The van der Waals surface area contributed by atoms with E-state index in [0.29, 0.717) is 19.1 Å². The number of aryl methyl sites for hydroxylation is 3. The number of aromatic hydroxyl groups is 1. The van der Waals surface area contributed by atoms with Gasteiger partial charge in [-0.1, -0.05) is 53.1 Å². The van der Waals surface area contributed by atoms with E-state index in [1.165, 1.54) is 32.6 Å². The van der Waals surface area contributed by atoms with Crippen LogP contribution in [0, 0.1) is 20.8 Å². The van der Waals surface area contributed by atoms with Gasteiger partial charge in [0.25, 0.3) is 0 Å². The first-order valence-electron chi connectivity index (χ1n) is 13.5. The van der Waals surface area contributed by atoms with Gasteiger partial charge >= 0.3 is 8.80 Å². The van der Waals surface area contributed by atoms with E-state index in [2.05, 4.69) is 93.6 Å². The second-order valence-electron chi connectivity index (χ2n) is 10.1. The molecule has 4 aromatic carbocycles. The molecule has 0 amide bonds. The van der Waals surface area contributed by atoms with Crippen molar-refractivity contribution in [1.82, 2.24) is 0 Å². The lowest BCUT2D eigenvalue weighted by Gasteiger charge is -2.29. The van der Waals surface area contributed by atoms with Crippen LogP contribution in [0.5, 0.6) is 11.5 Å². The predicted molar refractivity (Wildman–Crippen MR) is 169 cm³/mol. The molecule has 0 fully saturated rings. The summed E-state index contributed by atoms with van der Waals surface area (Å²) in [5.41, 5.74) is 3.59. The van der Waals surface area contributed by atoms with Crippen LogP contribution in [0.1, 0.15) is 23.1 Å². The molecule has 0 saturated heterocycles. The highest BCUT2D eigenvalue weighted by molar-refractivity contribution is 8.01. The predicted octanol–water partition coefficient (Wildman–Crippen LogP) is 5.58. The maximum atomic E-state index is 10.9. The molecule has 0 unspecified atom stereocenters. The lowest BCUT2D eigenvalue weighted by molar-refractivity contribution is 0.121. The van der Waals surface area contributed by atoms with Crippen molar-refractivity contribution in [3.63, 3.8) is 0 Å². The van der Waals surface area contributed by atoms with Gasteiger partial charge in [-0.05, 0) is 75.7 Å². The fourth-order valence-corrected chi connectivity index (χ4v) is 11.1. The first-order valence-corrected chi connectivity index (χ1v) is 17.2. The van der Waals surface area contributed by atoms with Crippen LogP contribution >= 0.6 is 7.26 Å². The topological polar surface area (TPSA) is 57.2 Å². The second-order valence-corrected chi connectivity index (χ2v) is 16.5. The van der Waals surface area contributed by atoms with Gasteiger partial charge in [0.1, 0.15) is 28.9 Å². The smallest absolute Gasteiger partial charge is 0.500 e. The Balaban J connectivity index is 1.91. The van der Waals surface area contributed by atoms with Gasteiger partial charge in [0, 0.05) is 33.4 Å². The largest absolute Gasteiger partial charge is 0.508 e. The monoisotopic (exact) mass is 575 g/mol. The van der Waals surface area contributed by atoms with Gasteiger partial charge in [0.05, 0.1) is 6.61 Å². The normalized spacial score (nSPS) is 11.9. The molecule has 210 valence electrons. The second kappa shape index (κ2) is 13.1. The summed E-state index contributed by atoms with van der Waals surface area (Å²) >= 11 is 0. The van der Waals surface area contributed by atoms with E-state index in [4.69, 9.17) is 18.0 Å².